The van der Waals surface area contributed by atoms with Crippen LogP contribution in [0, 0.1) is 0 Å². The van der Waals surface area contributed by atoms with Gasteiger partial charge in [0.1, 0.15) is 11.4 Å². The van der Waals surface area contributed by atoms with Gasteiger partial charge in [-0.3, -0.25) is 0 Å². The number of nitrogens with zero attached hydrogens (tertiary/aromatic N) is 1. The van der Waals surface area contributed by atoms with Crippen LogP contribution in [0.2, 0.25) is 0 Å². The Morgan fingerprint density at radius 1 is 1.42 bits per heavy atom. The van der Waals surface area contributed by atoms with E-state index < -0.39 is 16.1 Å². The molecule has 6 nitrogen and oxygen atoms in total. The largest absolute Gasteiger partial charge is 0.506 e. The Morgan fingerprint density at radius 3 is 2.79 bits per heavy atom. The van der Waals surface area contributed by atoms with E-state index in [-0.39, 0.29) is 11.4 Å². The average molecular weight is 300 g/mol. The molecular weight excluding hydrogens is 288 g/mol. The fourth-order valence-electron chi connectivity index (χ4n) is 2.20. The maximum absolute atomic E-state index is 11.8. The molecule has 2 aliphatic rings. The summed E-state index contributed by atoms with van der Waals surface area (Å²) in [6.45, 7) is 2.07. The highest BCUT2D eigenvalue weighted by molar-refractivity contribution is 8.00. The smallest absolute Gasteiger partial charge is 0.330 e. The Balaban J connectivity index is 2.10. The summed E-state index contributed by atoms with van der Waals surface area (Å²) < 4.78 is 26.3. The molecule has 3 rings (SSSR count). The molecule has 0 saturated heterocycles. The summed E-state index contributed by atoms with van der Waals surface area (Å²) in [6.07, 6.45) is 1.85. The van der Waals surface area contributed by atoms with Crippen LogP contribution in [0.15, 0.2) is 29.1 Å². The predicted molar refractivity (Wildman–Crippen MR) is 72.4 cm³/mol. The number of nitrogens with one attached hydrogen (secondary N) is 1. The molecule has 0 aliphatic carbocycles. The lowest BCUT2D eigenvalue weighted by atomic mass is 10.1. The summed E-state index contributed by atoms with van der Waals surface area (Å²) >= 11 is 1.65. The van der Waals surface area contributed by atoms with Gasteiger partial charge in [-0.1, -0.05) is 6.92 Å². The van der Waals surface area contributed by atoms with Crippen LogP contribution in [0.3, 0.4) is 0 Å². The molecule has 2 aliphatic heterocycles. The minimum Gasteiger partial charge on any atom is -0.506 e. The van der Waals surface area contributed by atoms with Gasteiger partial charge < -0.3 is 10.2 Å². The maximum Gasteiger partial charge on any atom is 0.330 e. The maximum atomic E-state index is 11.8. The van der Waals surface area contributed by atoms with Gasteiger partial charge in [0.05, 0.1) is 6.20 Å². The summed E-state index contributed by atoms with van der Waals surface area (Å²) in [5, 5.41) is 19.7. The SMILES string of the molecule is CC1Cc2cc(N3C=C(O)NS3(=O)=O)c(O)cc2S1. The Labute approximate surface area is 114 Å². The van der Waals surface area contributed by atoms with E-state index in [9.17, 15) is 18.6 Å². The van der Waals surface area contributed by atoms with Crippen LogP contribution in [-0.4, -0.2) is 23.9 Å². The second-order valence-electron chi connectivity index (χ2n) is 4.50. The van der Waals surface area contributed by atoms with E-state index in [1.807, 2.05) is 4.72 Å². The highest BCUT2D eigenvalue weighted by Crippen LogP contribution is 2.43. The van der Waals surface area contributed by atoms with Gasteiger partial charge in [-0.15, -0.1) is 11.8 Å². The molecule has 0 aromatic heterocycles. The number of aromatic hydroxyl groups is 1. The van der Waals surface area contributed by atoms with Crippen LogP contribution in [0.1, 0.15) is 12.5 Å². The number of aliphatic hydroxyl groups is 1. The van der Waals surface area contributed by atoms with Gasteiger partial charge in [-0.25, -0.2) is 9.03 Å². The predicted octanol–water partition coefficient (Wildman–Crippen LogP) is 1.44. The molecule has 1 atom stereocenters. The van der Waals surface area contributed by atoms with Crippen molar-refractivity contribution in [3.8, 4) is 5.75 Å². The number of rotatable bonds is 1. The van der Waals surface area contributed by atoms with Gasteiger partial charge in [0.25, 0.3) is 0 Å². The monoisotopic (exact) mass is 300 g/mol. The third-order valence-electron chi connectivity index (χ3n) is 2.96. The molecule has 1 unspecified atom stereocenters. The lowest BCUT2D eigenvalue weighted by Gasteiger charge is -2.16. The fourth-order valence-corrected chi connectivity index (χ4v) is 4.43. The molecular formula is C11H12N2O4S2. The molecule has 0 saturated carbocycles. The standard InChI is InChI=1S/C11H12N2O4S2/c1-6-2-7-3-8(9(14)4-10(7)18-6)13-5-11(15)12-19(13,16)17/h3-6,12,14-15H,2H2,1H3. The molecule has 0 radical (unpaired) electrons. The Hall–Kier alpha value is -1.54. The number of anilines is 1. The second-order valence-corrected chi connectivity index (χ2v) is 7.53. The van der Waals surface area contributed by atoms with Crippen molar-refractivity contribution in [1.29, 1.82) is 0 Å². The summed E-state index contributed by atoms with van der Waals surface area (Å²) in [5.41, 5.74) is 1.14. The zero-order chi connectivity index (χ0) is 13.8. The van der Waals surface area contributed by atoms with E-state index in [4.69, 9.17) is 0 Å². The number of fused-ring (bicyclic) bond motifs is 1. The number of phenols is 1. The molecule has 102 valence electrons. The van der Waals surface area contributed by atoms with Crippen LogP contribution < -0.4 is 9.03 Å². The van der Waals surface area contributed by atoms with Crippen molar-refractivity contribution >= 4 is 27.7 Å². The molecule has 8 heteroatoms. The molecule has 0 bridgehead atoms. The molecule has 3 N–H and O–H groups in total. The van der Waals surface area contributed by atoms with Gasteiger partial charge >= 0.3 is 10.2 Å². The van der Waals surface area contributed by atoms with Gasteiger partial charge in [-0.05, 0) is 24.1 Å². The number of benzene rings is 1. The minimum atomic E-state index is -3.87. The zero-order valence-electron chi connectivity index (χ0n) is 9.99. The van der Waals surface area contributed by atoms with Crippen molar-refractivity contribution in [1.82, 2.24) is 4.72 Å². The first-order chi connectivity index (χ1) is 8.87. The number of phenolic OH excluding ortho intramolecular Hbond substituents is 1. The van der Waals surface area contributed by atoms with Gasteiger partial charge in [0.2, 0.25) is 5.88 Å². The first-order valence-electron chi connectivity index (χ1n) is 5.62. The number of hydrogen-bond donors (Lipinski definition) is 3. The molecule has 0 fully saturated rings. The molecule has 19 heavy (non-hydrogen) atoms. The summed E-state index contributed by atoms with van der Waals surface area (Å²) in [6, 6.07) is 3.22. The second kappa shape index (κ2) is 3.97. The van der Waals surface area contributed by atoms with E-state index in [1.54, 1.807) is 23.9 Å². The third-order valence-corrected chi connectivity index (χ3v) is 5.45. The van der Waals surface area contributed by atoms with E-state index in [0.29, 0.717) is 5.25 Å². The quantitative estimate of drug-likeness (QED) is 0.730. The van der Waals surface area contributed by atoms with Crippen LogP contribution in [-0.2, 0) is 16.6 Å². The van der Waals surface area contributed by atoms with Crippen LogP contribution in [0.4, 0.5) is 5.69 Å². The van der Waals surface area contributed by atoms with Crippen molar-refractivity contribution in [3.63, 3.8) is 0 Å². The van der Waals surface area contributed by atoms with Gasteiger partial charge in [0, 0.05) is 10.1 Å². The zero-order valence-corrected chi connectivity index (χ0v) is 11.6. The van der Waals surface area contributed by atoms with Crippen molar-refractivity contribution in [2.75, 3.05) is 4.31 Å². The summed E-state index contributed by atoms with van der Waals surface area (Å²) in [5.74, 6) is -0.598. The lowest BCUT2D eigenvalue weighted by molar-refractivity contribution is 0.392. The first-order valence-corrected chi connectivity index (χ1v) is 7.94. The Morgan fingerprint density at radius 2 is 2.16 bits per heavy atom. The van der Waals surface area contributed by atoms with Crippen molar-refractivity contribution in [2.24, 2.45) is 0 Å². The Bertz CT molecular complexity index is 684. The number of hydrogen-bond acceptors (Lipinski definition) is 5. The molecule has 1 aromatic rings. The fraction of sp³-hybridized carbons (Fsp3) is 0.273. The minimum absolute atomic E-state index is 0.128. The lowest BCUT2D eigenvalue weighted by Crippen LogP contribution is -2.29. The van der Waals surface area contributed by atoms with Crippen LogP contribution in [0.25, 0.3) is 0 Å². The van der Waals surface area contributed by atoms with Gasteiger partial charge in [-0.2, -0.15) is 8.42 Å². The molecule has 2 heterocycles. The van der Waals surface area contributed by atoms with Crippen molar-refractivity contribution in [2.45, 2.75) is 23.5 Å². The molecule has 0 spiro atoms. The average Bonchev–Trinajstić information content (AvgIpc) is 2.75. The highest BCUT2D eigenvalue weighted by Gasteiger charge is 2.32. The Kier molecular flexibility index (Phi) is 2.61. The van der Waals surface area contributed by atoms with E-state index in [0.717, 1.165) is 27.4 Å². The highest BCUT2D eigenvalue weighted by atomic mass is 32.2. The molecule has 0 amide bonds. The molecule has 1 aromatic carbocycles. The van der Waals surface area contributed by atoms with E-state index >= 15 is 0 Å². The van der Waals surface area contributed by atoms with Crippen LogP contribution >= 0.6 is 11.8 Å². The van der Waals surface area contributed by atoms with E-state index in [2.05, 4.69) is 6.92 Å². The van der Waals surface area contributed by atoms with E-state index in [1.165, 1.54) is 0 Å². The topological polar surface area (TPSA) is 89.9 Å². The van der Waals surface area contributed by atoms with Crippen molar-refractivity contribution < 1.29 is 18.6 Å². The first kappa shape index (κ1) is 12.5. The third kappa shape index (κ3) is 2.00. The normalized spacial score (nSPS) is 23.9. The number of thioether (sulfide) groups is 1. The van der Waals surface area contributed by atoms with Gasteiger partial charge in [0.15, 0.2) is 0 Å². The van der Waals surface area contributed by atoms with Crippen LogP contribution in [0.5, 0.6) is 5.75 Å². The summed E-state index contributed by atoms with van der Waals surface area (Å²) in [7, 11) is -3.87. The summed E-state index contributed by atoms with van der Waals surface area (Å²) in [4.78, 5) is 0.964. The van der Waals surface area contributed by atoms with Crippen molar-refractivity contribution in [3.05, 3.63) is 29.8 Å². The number of aliphatic hydroxyl groups excluding tert-OH is 1.